The highest BCUT2D eigenvalue weighted by atomic mass is 32.2. The fourth-order valence-electron chi connectivity index (χ4n) is 2.81. The molecule has 3 rings (SSSR count). The molecule has 2 nitrogen and oxygen atoms in total. The zero-order valence-electron chi connectivity index (χ0n) is 9.37. The fourth-order valence-corrected chi connectivity index (χ4v) is 4.20. The van der Waals surface area contributed by atoms with E-state index in [0.29, 0.717) is 0 Å². The lowest BCUT2D eigenvalue weighted by Gasteiger charge is -2.14. The molecule has 2 unspecified atom stereocenters. The van der Waals surface area contributed by atoms with Crippen molar-refractivity contribution in [2.24, 2.45) is 5.73 Å². The smallest absolute Gasteiger partial charge is 0.0533 e. The van der Waals surface area contributed by atoms with Crippen molar-refractivity contribution in [1.29, 1.82) is 0 Å². The summed E-state index contributed by atoms with van der Waals surface area (Å²) in [7, 11) is -0.826. The van der Waals surface area contributed by atoms with Gasteiger partial charge >= 0.3 is 0 Å². The zero-order valence-corrected chi connectivity index (χ0v) is 10.2. The molecule has 1 aromatic rings. The molecule has 3 heteroatoms. The van der Waals surface area contributed by atoms with Crippen LogP contribution in [0.5, 0.6) is 0 Å². The van der Waals surface area contributed by atoms with E-state index in [-0.39, 0.29) is 6.04 Å². The number of nitrogens with two attached hydrogens (primary N) is 1. The minimum Gasteiger partial charge on any atom is -0.324 e. The average molecular weight is 235 g/mol. The molecular weight excluding hydrogens is 218 g/mol. The van der Waals surface area contributed by atoms with E-state index >= 15 is 0 Å². The molecule has 0 bridgehead atoms. The Balaban J connectivity index is 2.16. The SMILES string of the molecule is NC1CCCS(=O)c2cc3c(cc21)CCC3. The third kappa shape index (κ3) is 1.62. The van der Waals surface area contributed by atoms with Gasteiger partial charge in [-0.2, -0.15) is 0 Å². The van der Waals surface area contributed by atoms with E-state index in [1.54, 1.807) is 0 Å². The summed E-state index contributed by atoms with van der Waals surface area (Å²) in [5.41, 5.74) is 10.2. The first-order valence-corrected chi connectivity index (χ1v) is 7.37. The summed E-state index contributed by atoms with van der Waals surface area (Å²) >= 11 is 0. The molecule has 2 N–H and O–H groups in total. The second kappa shape index (κ2) is 3.97. The minimum absolute atomic E-state index is 0.0901. The van der Waals surface area contributed by atoms with Gasteiger partial charge in [0.15, 0.2) is 0 Å². The predicted molar refractivity (Wildman–Crippen MR) is 65.9 cm³/mol. The van der Waals surface area contributed by atoms with Gasteiger partial charge in [0.25, 0.3) is 0 Å². The van der Waals surface area contributed by atoms with Gasteiger partial charge in [-0.1, -0.05) is 6.07 Å². The van der Waals surface area contributed by atoms with Gasteiger partial charge in [-0.15, -0.1) is 0 Å². The highest BCUT2D eigenvalue weighted by Gasteiger charge is 2.23. The second-order valence-corrected chi connectivity index (χ2v) is 6.35. The molecule has 0 amide bonds. The lowest BCUT2D eigenvalue weighted by atomic mass is 9.99. The van der Waals surface area contributed by atoms with Crippen LogP contribution in [0.3, 0.4) is 0 Å². The van der Waals surface area contributed by atoms with E-state index in [1.807, 2.05) is 0 Å². The molecule has 0 spiro atoms. The Kier molecular flexibility index (Phi) is 2.60. The van der Waals surface area contributed by atoms with E-state index in [2.05, 4.69) is 12.1 Å². The molecule has 1 aliphatic carbocycles. The lowest BCUT2D eigenvalue weighted by Crippen LogP contribution is -2.11. The molecule has 1 aliphatic heterocycles. The van der Waals surface area contributed by atoms with Crippen molar-refractivity contribution in [3.05, 3.63) is 28.8 Å². The third-order valence-corrected chi connectivity index (χ3v) is 5.22. The number of rotatable bonds is 0. The Labute approximate surface area is 98.7 Å². The van der Waals surface area contributed by atoms with Crippen LogP contribution >= 0.6 is 0 Å². The summed E-state index contributed by atoms with van der Waals surface area (Å²) in [4.78, 5) is 1.02. The Morgan fingerprint density at radius 3 is 2.75 bits per heavy atom. The fraction of sp³-hybridized carbons (Fsp3) is 0.538. The van der Waals surface area contributed by atoms with Crippen molar-refractivity contribution >= 4 is 10.8 Å². The summed E-state index contributed by atoms with van der Waals surface area (Å²) in [5.74, 6) is 0.777. The maximum Gasteiger partial charge on any atom is 0.0533 e. The van der Waals surface area contributed by atoms with Crippen LogP contribution in [0.15, 0.2) is 17.0 Å². The Bertz CT molecular complexity index is 455. The van der Waals surface area contributed by atoms with Crippen molar-refractivity contribution in [2.75, 3.05) is 5.75 Å². The molecule has 16 heavy (non-hydrogen) atoms. The lowest BCUT2D eigenvalue weighted by molar-refractivity contribution is 0.638. The van der Waals surface area contributed by atoms with Crippen LogP contribution in [0.1, 0.15) is 42.0 Å². The molecule has 1 heterocycles. The van der Waals surface area contributed by atoms with Crippen LogP contribution in [0.25, 0.3) is 0 Å². The monoisotopic (exact) mass is 235 g/mol. The number of hydrogen-bond donors (Lipinski definition) is 1. The van der Waals surface area contributed by atoms with Gasteiger partial charge in [-0.05, 0) is 54.9 Å². The Morgan fingerprint density at radius 2 is 1.94 bits per heavy atom. The van der Waals surface area contributed by atoms with E-state index in [9.17, 15) is 4.21 Å². The van der Waals surface area contributed by atoms with Gasteiger partial charge in [0, 0.05) is 16.7 Å². The first-order chi connectivity index (χ1) is 7.75. The Hall–Kier alpha value is -0.670. The van der Waals surface area contributed by atoms with E-state index in [0.717, 1.165) is 35.5 Å². The number of fused-ring (bicyclic) bond motifs is 2. The highest BCUT2D eigenvalue weighted by molar-refractivity contribution is 7.85. The number of hydrogen-bond acceptors (Lipinski definition) is 2. The van der Waals surface area contributed by atoms with Crippen LogP contribution < -0.4 is 5.73 Å². The maximum atomic E-state index is 12.1. The minimum atomic E-state index is -0.826. The van der Waals surface area contributed by atoms with Crippen molar-refractivity contribution in [3.63, 3.8) is 0 Å². The number of benzene rings is 1. The largest absolute Gasteiger partial charge is 0.324 e. The molecule has 0 aromatic heterocycles. The third-order valence-electron chi connectivity index (χ3n) is 3.71. The Morgan fingerprint density at radius 1 is 1.19 bits per heavy atom. The molecular formula is C13H17NOS. The average Bonchev–Trinajstić information content (AvgIpc) is 2.68. The van der Waals surface area contributed by atoms with Crippen molar-refractivity contribution < 1.29 is 4.21 Å². The molecule has 0 saturated heterocycles. The predicted octanol–water partition coefficient (Wildman–Crippen LogP) is 2.08. The van der Waals surface area contributed by atoms with E-state index < -0.39 is 10.8 Å². The molecule has 86 valence electrons. The molecule has 0 fully saturated rings. The molecule has 0 radical (unpaired) electrons. The quantitative estimate of drug-likeness (QED) is 0.748. The molecule has 1 aromatic carbocycles. The maximum absolute atomic E-state index is 12.1. The van der Waals surface area contributed by atoms with Crippen LogP contribution in [-0.4, -0.2) is 9.96 Å². The van der Waals surface area contributed by atoms with Crippen LogP contribution in [0, 0.1) is 0 Å². The summed E-state index contributed by atoms with van der Waals surface area (Å²) in [6.07, 6.45) is 5.50. The summed E-state index contributed by atoms with van der Waals surface area (Å²) in [6.45, 7) is 0. The first-order valence-electron chi connectivity index (χ1n) is 6.05. The van der Waals surface area contributed by atoms with Gasteiger partial charge in [-0.3, -0.25) is 4.21 Å². The number of aryl methyl sites for hydroxylation is 2. The normalized spacial score (nSPS) is 28.3. The summed E-state index contributed by atoms with van der Waals surface area (Å²) in [6, 6.07) is 4.48. The van der Waals surface area contributed by atoms with E-state index in [4.69, 9.17) is 5.73 Å². The standard InChI is InChI=1S/C13H17NOS/c14-12-5-2-6-16(15)13-8-10-4-1-3-9(10)7-11(12)13/h7-8,12H,1-6,14H2. The van der Waals surface area contributed by atoms with E-state index in [1.165, 1.54) is 24.0 Å². The van der Waals surface area contributed by atoms with Gasteiger partial charge in [0.05, 0.1) is 10.8 Å². The summed E-state index contributed by atoms with van der Waals surface area (Å²) < 4.78 is 12.1. The second-order valence-electron chi connectivity index (χ2n) is 4.81. The van der Waals surface area contributed by atoms with Crippen LogP contribution in [0.4, 0.5) is 0 Å². The van der Waals surface area contributed by atoms with Gasteiger partial charge in [0.2, 0.25) is 0 Å². The molecule has 0 saturated carbocycles. The zero-order chi connectivity index (χ0) is 11.1. The molecule has 2 atom stereocenters. The van der Waals surface area contributed by atoms with Crippen molar-refractivity contribution in [3.8, 4) is 0 Å². The summed E-state index contributed by atoms with van der Waals surface area (Å²) in [5, 5.41) is 0. The van der Waals surface area contributed by atoms with Crippen LogP contribution in [-0.2, 0) is 23.6 Å². The molecule has 2 aliphatic rings. The van der Waals surface area contributed by atoms with Crippen LogP contribution in [0.2, 0.25) is 0 Å². The highest BCUT2D eigenvalue weighted by Crippen LogP contribution is 2.33. The first kappa shape index (κ1) is 10.5. The van der Waals surface area contributed by atoms with Gasteiger partial charge in [0.1, 0.15) is 0 Å². The van der Waals surface area contributed by atoms with Crippen molar-refractivity contribution in [2.45, 2.75) is 43.0 Å². The topological polar surface area (TPSA) is 43.1 Å². The van der Waals surface area contributed by atoms with Crippen molar-refractivity contribution in [1.82, 2.24) is 0 Å². The van der Waals surface area contributed by atoms with Gasteiger partial charge in [-0.25, -0.2) is 0 Å². The van der Waals surface area contributed by atoms with Gasteiger partial charge < -0.3 is 5.73 Å².